The Kier molecular flexibility index (Phi) is 7.88. The van der Waals surface area contributed by atoms with Gasteiger partial charge in [0.15, 0.2) is 0 Å². The van der Waals surface area contributed by atoms with Gasteiger partial charge in [-0.3, -0.25) is 15.0 Å². The van der Waals surface area contributed by atoms with Gasteiger partial charge in [-0.25, -0.2) is 4.79 Å². The zero-order valence-corrected chi connectivity index (χ0v) is 20.6. The largest absolute Gasteiger partial charge is 0.372 e. The maximum Gasteiger partial charge on any atom is 0.322 e. The number of amides is 3. The number of carbonyl (C=O) groups is 2. The number of hydrogen-bond donors (Lipinski definition) is 2. The Morgan fingerprint density at radius 2 is 1.62 bits per heavy atom. The Hall–Kier alpha value is -2.86. The topological polar surface area (TPSA) is 64.7 Å². The number of nitrogens with one attached hydrogen (secondary N) is 2. The molecule has 2 saturated heterocycles. The van der Waals surface area contributed by atoms with Gasteiger partial charge in [0.25, 0.3) is 5.91 Å². The lowest BCUT2D eigenvalue weighted by molar-refractivity contribution is -0.127. The first-order chi connectivity index (χ1) is 16.5. The molecule has 34 heavy (non-hydrogen) atoms. The second-order valence-electron chi connectivity index (χ2n) is 9.61. The van der Waals surface area contributed by atoms with E-state index in [0.717, 1.165) is 58.4 Å². The van der Waals surface area contributed by atoms with Gasteiger partial charge in [-0.05, 0) is 88.2 Å². The van der Waals surface area contributed by atoms with Gasteiger partial charge in [-0.2, -0.15) is 0 Å². The molecule has 2 N–H and O–H groups in total. The molecule has 182 valence electrons. The summed E-state index contributed by atoms with van der Waals surface area (Å²) in [7, 11) is 0. The van der Waals surface area contributed by atoms with Crippen molar-refractivity contribution >= 4 is 17.6 Å². The number of urea groups is 1. The zero-order valence-electron chi connectivity index (χ0n) is 20.6. The molecular formula is C28H38N4O2. The Balaban J connectivity index is 1.34. The van der Waals surface area contributed by atoms with Crippen LogP contribution in [0.5, 0.6) is 0 Å². The van der Waals surface area contributed by atoms with Crippen molar-refractivity contribution in [2.24, 2.45) is 5.92 Å². The fraction of sp³-hybridized carbons (Fsp3) is 0.500. The maximum absolute atomic E-state index is 12.9. The average molecular weight is 463 g/mol. The smallest absolute Gasteiger partial charge is 0.322 e. The number of piperidine rings is 1. The molecule has 2 aliphatic rings. The Bertz CT molecular complexity index is 950. The molecule has 2 fully saturated rings. The van der Waals surface area contributed by atoms with Crippen LogP contribution in [0.15, 0.2) is 54.6 Å². The van der Waals surface area contributed by atoms with Gasteiger partial charge in [0.1, 0.15) is 5.54 Å². The summed E-state index contributed by atoms with van der Waals surface area (Å²) >= 11 is 0. The number of likely N-dealkylation sites (tertiary alicyclic amines) is 1. The predicted molar refractivity (Wildman–Crippen MR) is 137 cm³/mol. The van der Waals surface area contributed by atoms with Gasteiger partial charge < -0.3 is 10.2 Å². The summed E-state index contributed by atoms with van der Waals surface area (Å²) in [6.45, 7) is 9.19. The average Bonchev–Trinajstić information content (AvgIpc) is 3.15. The third-order valence-electron chi connectivity index (χ3n) is 7.60. The van der Waals surface area contributed by atoms with Crippen LogP contribution < -0.4 is 15.5 Å². The molecule has 0 radical (unpaired) electrons. The molecule has 0 aromatic heterocycles. The Morgan fingerprint density at radius 3 is 2.21 bits per heavy atom. The Labute approximate surface area is 203 Å². The number of hydrogen-bond acceptors (Lipinski definition) is 4. The van der Waals surface area contributed by atoms with Crippen LogP contribution in [0.1, 0.15) is 50.7 Å². The second kappa shape index (κ2) is 11.0. The summed E-state index contributed by atoms with van der Waals surface area (Å²) in [5, 5.41) is 5.56. The van der Waals surface area contributed by atoms with Crippen molar-refractivity contribution < 1.29 is 9.59 Å². The van der Waals surface area contributed by atoms with Crippen LogP contribution in [0.2, 0.25) is 0 Å². The van der Waals surface area contributed by atoms with Gasteiger partial charge >= 0.3 is 6.03 Å². The standard InChI is InChI=1S/C28H38N4O2/c1-3-32(4-2)25-14-12-23(13-15-25)21-31-19-16-24(17-20-31)28(26(33)29-27(34)30-28)18-8-11-22-9-6-5-7-10-22/h5-7,9-10,12-15,24H,3-4,8,11,16-21H2,1-2H3,(H2,29,30,33,34). The van der Waals surface area contributed by atoms with Crippen LogP contribution in [-0.2, 0) is 17.8 Å². The number of imide groups is 1. The molecule has 0 bridgehead atoms. The zero-order chi connectivity index (χ0) is 24.0. The van der Waals surface area contributed by atoms with Gasteiger partial charge in [-0.1, -0.05) is 42.5 Å². The van der Waals surface area contributed by atoms with Gasteiger partial charge in [0, 0.05) is 25.3 Å². The summed E-state index contributed by atoms with van der Waals surface area (Å²) in [6.07, 6.45) is 4.29. The number of carbonyl (C=O) groups excluding carboxylic acids is 2. The minimum Gasteiger partial charge on any atom is -0.372 e. The third kappa shape index (κ3) is 5.44. The maximum atomic E-state index is 12.9. The highest BCUT2D eigenvalue weighted by atomic mass is 16.2. The first-order valence-electron chi connectivity index (χ1n) is 12.8. The van der Waals surface area contributed by atoms with Crippen LogP contribution in [0.4, 0.5) is 10.5 Å². The Morgan fingerprint density at radius 1 is 0.941 bits per heavy atom. The minimum atomic E-state index is -0.774. The monoisotopic (exact) mass is 462 g/mol. The summed E-state index contributed by atoms with van der Waals surface area (Å²) in [5.41, 5.74) is 3.08. The van der Waals surface area contributed by atoms with Crippen molar-refractivity contribution in [1.29, 1.82) is 0 Å². The number of rotatable bonds is 10. The van der Waals surface area contributed by atoms with E-state index in [1.807, 2.05) is 18.2 Å². The van der Waals surface area contributed by atoms with Gasteiger partial charge in [0.2, 0.25) is 0 Å². The van der Waals surface area contributed by atoms with E-state index in [1.54, 1.807) is 0 Å². The first-order valence-corrected chi connectivity index (χ1v) is 12.8. The molecule has 3 amide bonds. The highest BCUT2D eigenvalue weighted by molar-refractivity contribution is 6.07. The second-order valence-corrected chi connectivity index (χ2v) is 9.61. The summed E-state index contributed by atoms with van der Waals surface area (Å²) in [6, 6.07) is 18.9. The van der Waals surface area contributed by atoms with E-state index in [4.69, 9.17) is 0 Å². The molecule has 0 saturated carbocycles. The van der Waals surface area contributed by atoms with E-state index in [0.29, 0.717) is 6.42 Å². The summed E-state index contributed by atoms with van der Waals surface area (Å²) in [4.78, 5) is 29.9. The number of anilines is 1. The van der Waals surface area contributed by atoms with Crippen LogP contribution in [-0.4, -0.2) is 48.6 Å². The lowest BCUT2D eigenvalue weighted by Crippen LogP contribution is -2.56. The van der Waals surface area contributed by atoms with Crippen molar-refractivity contribution in [2.75, 3.05) is 31.1 Å². The number of nitrogens with zero attached hydrogens (tertiary/aromatic N) is 2. The molecule has 2 aromatic carbocycles. The molecule has 6 heteroatoms. The van der Waals surface area contributed by atoms with Crippen LogP contribution in [0.25, 0.3) is 0 Å². The SMILES string of the molecule is CCN(CC)c1ccc(CN2CCC(C3(CCCc4ccccc4)NC(=O)NC3=O)CC2)cc1. The molecule has 1 atom stereocenters. The fourth-order valence-electron chi connectivity index (χ4n) is 5.63. The molecular weight excluding hydrogens is 424 g/mol. The van der Waals surface area contributed by atoms with E-state index >= 15 is 0 Å². The molecule has 2 aromatic rings. The van der Waals surface area contributed by atoms with Crippen LogP contribution >= 0.6 is 0 Å². The molecule has 0 spiro atoms. The van der Waals surface area contributed by atoms with E-state index in [2.05, 4.69) is 70.7 Å². The number of benzene rings is 2. The molecule has 6 nitrogen and oxygen atoms in total. The number of aryl methyl sites for hydroxylation is 1. The summed E-state index contributed by atoms with van der Waals surface area (Å²) in [5.74, 6) is 0.0204. The highest BCUT2D eigenvalue weighted by Gasteiger charge is 2.51. The predicted octanol–water partition coefficient (Wildman–Crippen LogP) is 4.35. The van der Waals surface area contributed by atoms with Crippen molar-refractivity contribution in [3.05, 3.63) is 65.7 Å². The van der Waals surface area contributed by atoms with Gasteiger partial charge in [-0.15, -0.1) is 0 Å². The molecule has 0 aliphatic carbocycles. The quantitative estimate of drug-likeness (QED) is 0.516. The molecule has 2 heterocycles. The highest BCUT2D eigenvalue weighted by Crippen LogP contribution is 2.35. The van der Waals surface area contributed by atoms with Gasteiger partial charge in [0.05, 0.1) is 0 Å². The minimum absolute atomic E-state index is 0.143. The first kappa shape index (κ1) is 24.3. The lowest BCUT2D eigenvalue weighted by atomic mass is 9.74. The summed E-state index contributed by atoms with van der Waals surface area (Å²) < 4.78 is 0. The lowest BCUT2D eigenvalue weighted by Gasteiger charge is -2.40. The van der Waals surface area contributed by atoms with E-state index in [9.17, 15) is 9.59 Å². The van der Waals surface area contributed by atoms with E-state index in [-0.39, 0.29) is 17.9 Å². The normalized spacial score (nSPS) is 21.4. The molecule has 4 rings (SSSR count). The van der Waals surface area contributed by atoms with Crippen molar-refractivity contribution in [2.45, 2.75) is 58.0 Å². The van der Waals surface area contributed by atoms with Crippen molar-refractivity contribution in [3.63, 3.8) is 0 Å². The molecule has 1 unspecified atom stereocenters. The third-order valence-corrected chi connectivity index (χ3v) is 7.60. The van der Waals surface area contributed by atoms with E-state index < -0.39 is 5.54 Å². The van der Waals surface area contributed by atoms with E-state index in [1.165, 1.54) is 16.8 Å². The molecule has 2 aliphatic heterocycles. The van der Waals surface area contributed by atoms with Crippen molar-refractivity contribution in [3.8, 4) is 0 Å². The van der Waals surface area contributed by atoms with Crippen LogP contribution in [0, 0.1) is 5.92 Å². The fourth-order valence-corrected chi connectivity index (χ4v) is 5.63. The van der Waals surface area contributed by atoms with Crippen LogP contribution in [0.3, 0.4) is 0 Å². The van der Waals surface area contributed by atoms with Crippen molar-refractivity contribution in [1.82, 2.24) is 15.5 Å².